The third kappa shape index (κ3) is 4.01. The first-order valence-corrected chi connectivity index (χ1v) is 6.89. The number of thiazole rings is 1. The molecular formula is C14H16FNO2S. The number of ether oxygens (including phenoxy) is 1. The molecule has 2 rings (SSSR count). The van der Waals surface area contributed by atoms with E-state index in [4.69, 9.17) is 4.74 Å². The van der Waals surface area contributed by atoms with Crippen LogP contribution in [0.25, 0.3) is 0 Å². The maximum atomic E-state index is 12.7. The van der Waals surface area contributed by atoms with Gasteiger partial charge in [-0.2, -0.15) is 0 Å². The molecule has 0 aliphatic heterocycles. The number of benzene rings is 1. The van der Waals surface area contributed by atoms with Gasteiger partial charge in [0.2, 0.25) is 0 Å². The van der Waals surface area contributed by atoms with E-state index >= 15 is 0 Å². The van der Waals surface area contributed by atoms with E-state index in [9.17, 15) is 9.50 Å². The van der Waals surface area contributed by atoms with E-state index in [-0.39, 0.29) is 5.82 Å². The minimum absolute atomic E-state index is 0.276. The molecule has 102 valence electrons. The Morgan fingerprint density at radius 2 is 2.00 bits per heavy atom. The zero-order valence-corrected chi connectivity index (χ0v) is 11.7. The van der Waals surface area contributed by atoms with Gasteiger partial charge in [0.15, 0.2) is 0 Å². The maximum absolute atomic E-state index is 12.7. The molecule has 0 saturated heterocycles. The van der Waals surface area contributed by atoms with Gasteiger partial charge in [-0.3, -0.25) is 0 Å². The fraction of sp³-hybridized carbons (Fsp3) is 0.357. The van der Waals surface area contributed by atoms with Crippen LogP contribution in [0, 0.1) is 5.82 Å². The van der Waals surface area contributed by atoms with Gasteiger partial charge in [-0.15, -0.1) is 11.3 Å². The summed E-state index contributed by atoms with van der Waals surface area (Å²) in [6, 6.07) is 5.93. The molecule has 0 saturated carbocycles. The largest absolute Gasteiger partial charge is 0.493 e. The number of nitrogens with zero attached hydrogens (tertiary/aromatic N) is 1. The van der Waals surface area contributed by atoms with E-state index in [0.717, 1.165) is 5.01 Å². The number of aromatic nitrogens is 1. The van der Waals surface area contributed by atoms with Crippen molar-refractivity contribution in [3.8, 4) is 5.75 Å². The minimum atomic E-state index is -0.910. The normalized spacial score (nSPS) is 11.6. The molecule has 19 heavy (non-hydrogen) atoms. The molecule has 1 N–H and O–H groups in total. The maximum Gasteiger partial charge on any atom is 0.123 e. The molecule has 0 bridgehead atoms. The number of hydrogen-bond donors (Lipinski definition) is 1. The lowest BCUT2D eigenvalue weighted by Crippen LogP contribution is -2.16. The first-order chi connectivity index (χ1) is 8.95. The van der Waals surface area contributed by atoms with Crippen LogP contribution >= 0.6 is 11.3 Å². The van der Waals surface area contributed by atoms with Crippen LogP contribution in [0.15, 0.2) is 29.6 Å². The van der Waals surface area contributed by atoms with Crippen molar-refractivity contribution >= 4 is 11.3 Å². The molecule has 5 heteroatoms. The Labute approximate surface area is 115 Å². The topological polar surface area (TPSA) is 42.4 Å². The predicted molar refractivity (Wildman–Crippen MR) is 73.0 cm³/mol. The van der Waals surface area contributed by atoms with Crippen LogP contribution in [0.1, 0.15) is 24.5 Å². The molecular weight excluding hydrogens is 265 g/mol. The predicted octanol–water partition coefficient (Wildman–Crippen LogP) is 3.13. The molecule has 0 aliphatic carbocycles. The SMILES string of the molecule is CC(C)(O)c1csc(CCOc2ccc(F)cc2)n1. The highest BCUT2D eigenvalue weighted by Crippen LogP contribution is 2.22. The lowest BCUT2D eigenvalue weighted by Gasteiger charge is -2.13. The van der Waals surface area contributed by atoms with Crippen molar-refractivity contribution in [2.24, 2.45) is 0 Å². The van der Waals surface area contributed by atoms with Crippen molar-refractivity contribution in [1.82, 2.24) is 4.98 Å². The van der Waals surface area contributed by atoms with Gasteiger partial charge in [0.05, 0.1) is 17.3 Å². The van der Waals surface area contributed by atoms with Crippen molar-refractivity contribution in [1.29, 1.82) is 0 Å². The van der Waals surface area contributed by atoms with Gasteiger partial charge in [-0.05, 0) is 38.1 Å². The summed E-state index contributed by atoms with van der Waals surface area (Å²) in [4.78, 5) is 4.36. The third-order valence-corrected chi connectivity index (χ3v) is 3.49. The molecule has 2 aromatic rings. The van der Waals surface area contributed by atoms with Gasteiger partial charge in [0.1, 0.15) is 17.2 Å². The highest BCUT2D eigenvalue weighted by Gasteiger charge is 2.19. The van der Waals surface area contributed by atoms with E-state index in [1.807, 2.05) is 5.38 Å². The van der Waals surface area contributed by atoms with Crippen LogP contribution in [0.2, 0.25) is 0 Å². The zero-order chi connectivity index (χ0) is 13.9. The lowest BCUT2D eigenvalue weighted by molar-refractivity contribution is 0.0743. The summed E-state index contributed by atoms with van der Waals surface area (Å²) in [5.41, 5.74) is -0.235. The summed E-state index contributed by atoms with van der Waals surface area (Å²) in [5.74, 6) is 0.364. The van der Waals surface area contributed by atoms with Gasteiger partial charge in [0.25, 0.3) is 0 Å². The molecule has 0 unspecified atom stereocenters. The highest BCUT2D eigenvalue weighted by molar-refractivity contribution is 7.09. The Hall–Kier alpha value is -1.46. The van der Waals surface area contributed by atoms with Gasteiger partial charge in [-0.1, -0.05) is 0 Å². The van der Waals surface area contributed by atoms with E-state index in [0.29, 0.717) is 24.5 Å². The second-order valence-corrected chi connectivity index (χ2v) is 5.68. The molecule has 1 aromatic heterocycles. The summed E-state index contributed by atoms with van der Waals surface area (Å²) in [6.07, 6.45) is 0.665. The van der Waals surface area contributed by atoms with Crippen LogP contribution in [-0.4, -0.2) is 16.7 Å². The summed E-state index contributed by atoms with van der Waals surface area (Å²) >= 11 is 1.50. The summed E-state index contributed by atoms with van der Waals surface area (Å²) in [7, 11) is 0. The average Bonchev–Trinajstić information content (AvgIpc) is 2.80. The zero-order valence-electron chi connectivity index (χ0n) is 10.9. The number of aliphatic hydroxyl groups is 1. The fourth-order valence-corrected chi connectivity index (χ4v) is 2.43. The van der Waals surface area contributed by atoms with Crippen LogP contribution in [-0.2, 0) is 12.0 Å². The van der Waals surface area contributed by atoms with Crippen LogP contribution < -0.4 is 4.74 Å². The van der Waals surface area contributed by atoms with Crippen molar-refractivity contribution < 1.29 is 14.2 Å². The molecule has 0 spiro atoms. The molecule has 1 heterocycles. The Kier molecular flexibility index (Phi) is 4.17. The van der Waals surface area contributed by atoms with Crippen molar-refractivity contribution in [3.63, 3.8) is 0 Å². The second-order valence-electron chi connectivity index (χ2n) is 4.74. The number of rotatable bonds is 5. The molecule has 0 aliphatic rings. The average molecular weight is 281 g/mol. The van der Waals surface area contributed by atoms with E-state index < -0.39 is 5.60 Å². The first-order valence-electron chi connectivity index (χ1n) is 6.01. The Bertz CT molecular complexity index is 531. The Morgan fingerprint density at radius 3 is 2.58 bits per heavy atom. The quantitative estimate of drug-likeness (QED) is 0.915. The van der Waals surface area contributed by atoms with Gasteiger partial charge >= 0.3 is 0 Å². The van der Waals surface area contributed by atoms with Crippen molar-refractivity contribution in [3.05, 3.63) is 46.2 Å². The third-order valence-electron chi connectivity index (χ3n) is 2.58. The highest BCUT2D eigenvalue weighted by atomic mass is 32.1. The van der Waals surface area contributed by atoms with E-state index in [1.165, 1.54) is 23.5 Å². The number of halogens is 1. The van der Waals surface area contributed by atoms with Crippen molar-refractivity contribution in [2.45, 2.75) is 25.9 Å². The molecule has 1 aromatic carbocycles. The minimum Gasteiger partial charge on any atom is -0.493 e. The fourth-order valence-electron chi connectivity index (χ4n) is 1.49. The van der Waals surface area contributed by atoms with Crippen LogP contribution in [0.3, 0.4) is 0 Å². The summed E-state index contributed by atoms with van der Waals surface area (Å²) in [5, 5.41) is 12.6. The van der Waals surface area contributed by atoms with Gasteiger partial charge < -0.3 is 9.84 Å². The van der Waals surface area contributed by atoms with Crippen LogP contribution in [0.4, 0.5) is 4.39 Å². The smallest absolute Gasteiger partial charge is 0.123 e. The molecule has 0 atom stereocenters. The summed E-state index contributed by atoms with van der Waals surface area (Å²) in [6.45, 7) is 3.89. The van der Waals surface area contributed by atoms with Gasteiger partial charge in [-0.25, -0.2) is 9.37 Å². The standard InChI is InChI=1S/C14H16FNO2S/c1-14(2,17)12-9-19-13(16-12)7-8-18-11-5-3-10(15)4-6-11/h3-6,9,17H,7-8H2,1-2H3. The molecule has 0 radical (unpaired) electrons. The molecule has 3 nitrogen and oxygen atoms in total. The molecule has 0 fully saturated rings. The van der Waals surface area contributed by atoms with E-state index in [1.54, 1.807) is 26.0 Å². The molecule has 0 amide bonds. The van der Waals surface area contributed by atoms with Crippen molar-refractivity contribution in [2.75, 3.05) is 6.61 Å². The second kappa shape index (κ2) is 5.67. The Balaban J connectivity index is 1.86. The summed E-state index contributed by atoms with van der Waals surface area (Å²) < 4.78 is 18.2. The number of hydrogen-bond acceptors (Lipinski definition) is 4. The first kappa shape index (κ1) is 14.0. The van der Waals surface area contributed by atoms with Gasteiger partial charge in [0, 0.05) is 11.8 Å². The lowest BCUT2D eigenvalue weighted by atomic mass is 10.1. The van der Waals surface area contributed by atoms with E-state index in [2.05, 4.69) is 4.98 Å². The monoisotopic (exact) mass is 281 g/mol. The van der Waals surface area contributed by atoms with Crippen LogP contribution in [0.5, 0.6) is 5.75 Å². The Morgan fingerprint density at radius 1 is 1.32 bits per heavy atom.